The maximum Gasteiger partial charge on any atom is 0.358 e. The third-order valence-corrected chi connectivity index (χ3v) is 3.76. The number of aryl methyl sites for hydroxylation is 1. The predicted molar refractivity (Wildman–Crippen MR) is 84.0 cm³/mol. The molecule has 0 aliphatic carbocycles. The van der Waals surface area contributed by atoms with E-state index in [1.807, 2.05) is 45.0 Å². The summed E-state index contributed by atoms with van der Waals surface area (Å²) in [5.74, 6) is 0.463. The van der Waals surface area contributed by atoms with Gasteiger partial charge in [0, 0.05) is 10.4 Å². The first-order valence-electron chi connectivity index (χ1n) is 6.93. The molecule has 1 aromatic heterocycles. The number of carbonyl (C=O) groups excluding carboxylic acids is 1. The average Bonchev–Trinajstić information content (AvgIpc) is 2.81. The van der Waals surface area contributed by atoms with Crippen molar-refractivity contribution < 1.29 is 14.3 Å². The quantitative estimate of drug-likeness (QED) is 0.781. The van der Waals surface area contributed by atoms with Gasteiger partial charge in [-0.25, -0.2) is 9.78 Å². The van der Waals surface area contributed by atoms with Crippen LogP contribution in [-0.4, -0.2) is 23.7 Å². The number of carbonyl (C=O) groups is 1. The lowest BCUT2D eigenvalue weighted by Gasteiger charge is -2.09. The fourth-order valence-electron chi connectivity index (χ4n) is 1.86. The summed E-state index contributed by atoms with van der Waals surface area (Å²) in [7, 11) is 0. The minimum Gasteiger partial charge on any atom is -0.491 e. The number of hydrogen-bond acceptors (Lipinski definition) is 5. The lowest BCUT2D eigenvalue weighted by molar-refractivity contribution is 0.0519. The Labute approximate surface area is 128 Å². The molecule has 0 saturated carbocycles. The molecule has 1 aromatic carbocycles. The summed E-state index contributed by atoms with van der Waals surface area (Å²) in [4.78, 5) is 17.0. The zero-order chi connectivity index (χ0) is 15.4. The smallest absolute Gasteiger partial charge is 0.358 e. The van der Waals surface area contributed by atoms with Crippen molar-refractivity contribution in [3.8, 4) is 16.3 Å². The van der Waals surface area contributed by atoms with Crippen molar-refractivity contribution in [1.29, 1.82) is 0 Å². The number of rotatable bonds is 5. The van der Waals surface area contributed by atoms with Crippen LogP contribution in [0.3, 0.4) is 0 Å². The van der Waals surface area contributed by atoms with Gasteiger partial charge in [0.1, 0.15) is 10.8 Å². The molecule has 5 heteroatoms. The highest BCUT2D eigenvalue weighted by molar-refractivity contribution is 7.15. The van der Waals surface area contributed by atoms with E-state index in [0.29, 0.717) is 12.3 Å². The summed E-state index contributed by atoms with van der Waals surface area (Å²) in [6.45, 7) is 8.00. The molecular formula is C16H19NO3S. The fraction of sp³-hybridized carbons (Fsp3) is 0.375. The van der Waals surface area contributed by atoms with Gasteiger partial charge in [-0.05, 0) is 52.0 Å². The van der Waals surface area contributed by atoms with Gasteiger partial charge in [-0.1, -0.05) is 0 Å². The van der Waals surface area contributed by atoms with Gasteiger partial charge in [0.05, 0.1) is 12.7 Å². The number of benzene rings is 1. The van der Waals surface area contributed by atoms with Crippen LogP contribution in [0, 0.1) is 6.92 Å². The van der Waals surface area contributed by atoms with Crippen LogP contribution in [0.4, 0.5) is 0 Å². The second-order valence-electron chi connectivity index (χ2n) is 4.84. The highest BCUT2D eigenvalue weighted by Gasteiger charge is 2.17. The van der Waals surface area contributed by atoms with E-state index >= 15 is 0 Å². The summed E-state index contributed by atoms with van der Waals surface area (Å²) in [5, 5.41) is 0.812. The minimum absolute atomic E-state index is 0.147. The summed E-state index contributed by atoms with van der Waals surface area (Å²) in [6, 6.07) is 7.72. The van der Waals surface area contributed by atoms with Gasteiger partial charge in [-0.15, -0.1) is 11.3 Å². The van der Waals surface area contributed by atoms with Crippen molar-refractivity contribution >= 4 is 17.3 Å². The van der Waals surface area contributed by atoms with Crippen molar-refractivity contribution in [3.63, 3.8) is 0 Å². The highest BCUT2D eigenvalue weighted by Crippen LogP contribution is 2.29. The van der Waals surface area contributed by atoms with E-state index in [2.05, 4.69) is 4.98 Å². The van der Waals surface area contributed by atoms with E-state index in [-0.39, 0.29) is 12.1 Å². The van der Waals surface area contributed by atoms with Crippen LogP contribution in [0.1, 0.15) is 36.1 Å². The topological polar surface area (TPSA) is 48.4 Å². The monoisotopic (exact) mass is 305 g/mol. The Morgan fingerprint density at radius 1 is 1.29 bits per heavy atom. The number of esters is 1. The molecule has 112 valence electrons. The summed E-state index contributed by atoms with van der Waals surface area (Å²) < 4.78 is 10.6. The van der Waals surface area contributed by atoms with Crippen molar-refractivity contribution in [2.45, 2.75) is 33.8 Å². The van der Waals surface area contributed by atoms with Crippen LogP contribution in [0.25, 0.3) is 10.6 Å². The Morgan fingerprint density at radius 2 is 1.95 bits per heavy atom. The van der Waals surface area contributed by atoms with Gasteiger partial charge in [0.15, 0.2) is 5.69 Å². The Hall–Kier alpha value is -1.88. The van der Waals surface area contributed by atoms with Crippen LogP contribution in [-0.2, 0) is 4.74 Å². The van der Waals surface area contributed by atoms with Gasteiger partial charge >= 0.3 is 5.97 Å². The Balaban J connectivity index is 2.22. The molecule has 0 unspecified atom stereocenters. The molecule has 0 aliphatic heterocycles. The van der Waals surface area contributed by atoms with E-state index in [1.54, 1.807) is 6.92 Å². The van der Waals surface area contributed by atoms with E-state index in [0.717, 1.165) is 21.2 Å². The first-order valence-corrected chi connectivity index (χ1v) is 7.74. The van der Waals surface area contributed by atoms with Crippen molar-refractivity contribution in [2.24, 2.45) is 0 Å². The molecule has 0 aliphatic rings. The molecule has 0 radical (unpaired) electrons. The standard InChI is InChI=1S/C16H19NO3S/c1-5-19-16(18)14-11(4)21-15(17-14)12-6-8-13(9-7-12)20-10(2)3/h6-10H,5H2,1-4H3. The van der Waals surface area contributed by atoms with E-state index in [1.165, 1.54) is 11.3 Å². The summed E-state index contributed by atoms with van der Waals surface area (Å²) >= 11 is 1.49. The van der Waals surface area contributed by atoms with Crippen molar-refractivity contribution in [2.75, 3.05) is 6.61 Å². The summed E-state index contributed by atoms with van der Waals surface area (Å²) in [5.41, 5.74) is 1.37. The number of nitrogens with zero attached hydrogens (tertiary/aromatic N) is 1. The SMILES string of the molecule is CCOC(=O)c1nc(-c2ccc(OC(C)C)cc2)sc1C. The third-order valence-electron chi connectivity index (χ3n) is 2.74. The molecule has 2 aromatic rings. The fourth-order valence-corrected chi connectivity index (χ4v) is 2.76. The summed E-state index contributed by atoms with van der Waals surface area (Å²) in [6.07, 6.45) is 0.147. The highest BCUT2D eigenvalue weighted by atomic mass is 32.1. The van der Waals surface area contributed by atoms with Crippen molar-refractivity contribution in [3.05, 3.63) is 34.8 Å². The van der Waals surface area contributed by atoms with Gasteiger partial charge < -0.3 is 9.47 Å². The van der Waals surface area contributed by atoms with Gasteiger partial charge in [0.2, 0.25) is 0 Å². The second-order valence-corrected chi connectivity index (χ2v) is 6.04. The first kappa shape index (κ1) is 15.5. The molecule has 2 rings (SSSR count). The molecule has 0 spiro atoms. The lowest BCUT2D eigenvalue weighted by Crippen LogP contribution is -2.06. The molecule has 0 bridgehead atoms. The molecule has 0 saturated heterocycles. The Kier molecular flexibility index (Phi) is 4.96. The van der Waals surface area contributed by atoms with Gasteiger partial charge in [0.25, 0.3) is 0 Å². The maximum atomic E-state index is 11.8. The van der Waals surface area contributed by atoms with Gasteiger partial charge in [-0.2, -0.15) is 0 Å². The first-order chi connectivity index (χ1) is 10.0. The zero-order valence-electron chi connectivity index (χ0n) is 12.7. The van der Waals surface area contributed by atoms with Crippen LogP contribution in [0.2, 0.25) is 0 Å². The molecule has 0 fully saturated rings. The predicted octanol–water partition coefficient (Wildman–Crippen LogP) is 4.08. The normalized spacial score (nSPS) is 10.7. The number of ether oxygens (including phenoxy) is 2. The van der Waals surface area contributed by atoms with Crippen LogP contribution >= 0.6 is 11.3 Å². The van der Waals surface area contributed by atoms with E-state index in [9.17, 15) is 4.79 Å². The van der Waals surface area contributed by atoms with Crippen LogP contribution < -0.4 is 4.74 Å². The lowest BCUT2D eigenvalue weighted by atomic mass is 10.2. The van der Waals surface area contributed by atoms with Gasteiger partial charge in [-0.3, -0.25) is 0 Å². The minimum atomic E-state index is -0.364. The number of aromatic nitrogens is 1. The second kappa shape index (κ2) is 6.72. The molecular weight excluding hydrogens is 286 g/mol. The number of hydrogen-bond donors (Lipinski definition) is 0. The molecule has 0 atom stereocenters. The molecule has 1 heterocycles. The Morgan fingerprint density at radius 3 is 2.52 bits per heavy atom. The molecule has 4 nitrogen and oxygen atoms in total. The van der Waals surface area contributed by atoms with Crippen LogP contribution in [0.5, 0.6) is 5.75 Å². The molecule has 0 N–H and O–H groups in total. The average molecular weight is 305 g/mol. The van der Waals surface area contributed by atoms with Crippen molar-refractivity contribution in [1.82, 2.24) is 4.98 Å². The van der Waals surface area contributed by atoms with Crippen LogP contribution in [0.15, 0.2) is 24.3 Å². The van der Waals surface area contributed by atoms with E-state index < -0.39 is 0 Å². The largest absolute Gasteiger partial charge is 0.491 e. The molecule has 21 heavy (non-hydrogen) atoms. The molecule has 0 amide bonds. The maximum absolute atomic E-state index is 11.8. The number of thiazole rings is 1. The third kappa shape index (κ3) is 3.82. The zero-order valence-corrected chi connectivity index (χ0v) is 13.5. The Bertz CT molecular complexity index is 617. The van der Waals surface area contributed by atoms with E-state index in [4.69, 9.17) is 9.47 Å².